The smallest absolute Gasteiger partial charge is 0.227 e. The number of amides is 2. The number of piperidine rings is 1. The third kappa shape index (κ3) is 3.75. The molecule has 24 heavy (non-hydrogen) atoms. The number of carbonyl (C=O) groups excluding carboxylic acids is 2. The lowest BCUT2D eigenvalue weighted by molar-refractivity contribution is -0.134. The predicted molar refractivity (Wildman–Crippen MR) is 96.8 cm³/mol. The first-order chi connectivity index (χ1) is 11.7. The molecule has 3 rings (SSSR count). The second-order valence-corrected chi connectivity index (χ2v) is 6.46. The number of hydrogen-bond acceptors (Lipinski definition) is 2. The van der Waals surface area contributed by atoms with Crippen LogP contribution in [-0.2, 0) is 9.59 Å². The van der Waals surface area contributed by atoms with Gasteiger partial charge in [0.25, 0.3) is 0 Å². The molecule has 0 aromatic heterocycles. The minimum absolute atomic E-state index is 0.0119. The number of benzene rings is 2. The molecule has 1 fully saturated rings. The van der Waals surface area contributed by atoms with Crippen molar-refractivity contribution in [2.45, 2.75) is 32.6 Å². The van der Waals surface area contributed by atoms with Gasteiger partial charge < -0.3 is 10.2 Å². The fourth-order valence-corrected chi connectivity index (χ4v) is 3.27. The molecule has 0 bridgehead atoms. The van der Waals surface area contributed by atoms with Gasteiger partial charge in [-0.25, -0.2) is 0 Å². The Morgan fingerprint density at radius 3 is 2.50 bits per heavy atom. The highest BCUT2D eigenvalue weighted by Crippen LogP contribution is 2.22. The number of carbonyl (C=O) groups is 2. The van der Waals surface area contributed by atoms with E-state index in [0.717, 1.165) is 30.3 Å². The number of nitrogens with one attached hydrogen (secondary N) is 1. The molecule has 0 atom stereocenters. The summed E-state index contributed by atoms with van der Waals surface area (Å²) in [6, 6.07) is 14.1. The summed E-state index contributed by atoms with van der Waals surface area (Å²) < 4.78 is 0. The lowest BCUT2D eigenvalue weighted by Crippen LogP contribution is -2.41. The minimum atomic E-state index is -0.0119. The van der Waals surface area contributed by atoms with Gasteiger partial charge in [0.1, 0.15) is 0 Å². The number of rotatable bonds is 4. The van der Waals surface area contributed by atoms with E-state index in [4.69, 9.17) is 0 Å². The van der Waals surface area contributed by atoms with Gasteiger partial charge in [-0.15, -0.1) is 0 Å². The first-order valence-corrected chi connectivity index (χ1v) is 8.75. The van der Waals surface area contributed by atoms with Crippen molar-refractivity contribution in [1.82, 2.24) is 4.90 Å². The highest BCUT2D eigenvalue weighted by atomic mass is 16.2. The predicted octanol–water partition coefficient (Wildman–Crippen LogP) is 3.82. The van der Waals surface area contributed by atoms with Gasteiger partial charge in [0.2, 0.25) is 11.8 Å². The van der Waals surface area contributed by atoms with Crippen LogP contribution in [0.4, 0.5) is 5.69 Å². The molecule has 0 unspecified atom stereocenters. The van der Waals surface area contributed by atoms with E-state index in [0.29, 0.717) is 19.5 Å². The van der Waals surface area contributed by atoms with E-state index in [-0.39, 0.29) is 17.7 Å². The molecule has 1 heterocycles. The van der Waals surface area contributed by atoms with Crippen LogP contribution >= 0.6 is 0 Å². The van der Waals surface area contributed by atoms with Crippen LogP contribution in [0.3, 0.4) is 0 Å². The average Bonchev–Trinajstić information content (AvgIpc) is 2.62. The molecule has 0 aliphatic carbocycles. The molecule has 4 nitrogen and oxygen atoms in total. The summed E-state index contributed by atoms with van der Waals surface area (Å²) in [5.41, 5.74) is 0.836. The van der Waals surface area contributed by atoms with E-state index in [1.807, 2.05) is 48.2 Å². The molecule has 1 aliphatic heterocycles. The van der Waals surface area contributed by atoms with Gasteiger partial charge in [-0.1, -0.05) is 37.3 Å². The van der Waals surface area contributed by atoms with E-state index in [9.17, 15) is 9.59 Å². The van der Waals surface area contributed by atoms with Gasteiger partial charge >= 0.3 is 0 Å². The van der Waals surface area contributed by atoms with Crippen LogP contribution in [0.1, 0.15) is 32.6 Å². The van der Waals surface area contributed by atoms with Gasteiger partial charge in [-0.05, 0) is 42.2 Å². The van der Waals surface area contributed by atoms with Gasteiger partial charge in [-0.2, -0.15) is 0 Å². The zero-order valence-corrected chi connectivity index (χ0v) is 14.1. The van der Waals surface area contributed by atoms with E-state index in [1.54, 1.807) is 0 Å². The molecule has 0 spiro atoms. The van der Waals surface area contributed by atoms with Gasteiger partial charge in [0.05, 0.1) is 0 Å². The Hall–Kier alpha value is -2.36. The maximum atomic E-state index is 12.5. The molecule has 4 heteroatoms. The van der Waals surface area contributed by atoms with E-state index in [1.165, 1.54) is 5.39 Å². The number of fused-ring (bicyclic) bond motifs is 1. The highest BCUT2D eigenvalue weighted by molar-refractivity contribution is 5.95. The molecule has 2 aromatic carbocycles. The number of hydrogen-bond donors (Lipinski definition) is 1. The van der Waals surface area contributed by atoms with Crippen LogP contribution in [-0.4, -0.2) is 29.8 Å². The second kappa shape index (κ2) is 7.47. The molecule has 2 amide bonds. The fraction of sp³-hybridized carbons (Fsp3) is 0.400. The molecule has 0 radical (unpaired) electrons. The van der Waals surface area contributed by atoms with Crippen molar-refractivity contribution in [2.24, 2.45) is 5.92 Å². The van der Waals surface area contributed by atoms with Gasteiger partial charge in [0.15, 0.2) is 0 Å². The van der Waals surface area contributed by atoms with Crippen LogP contribution in [0.15, 0.2) is 42.5 Å². The zero-order valence-electron chi connectivity index (χ0n) is 14.1. The fourth-order valence-electron chi connectivity index (χ4n) is 3.27. The first kappa shape index (κ1) is 16.5. The molecule has 1 N–H and O–H groups in total. The van der Waals surface area contributed by atoms with Crippen molar-refractivity contribution in [2.75, 3.05) is 18.4 Å². The summed E-state index contributed by atoms with van der Waals surface area (Å²) in [5, 5.41) is 5.32. The second-order valence-electron chi connectivity index (χ2n) is 6.46. The van der Waals surface area contributed by atoms with Crippen molar-refractivity contribution in [3.8, 4) is 0 Å². The van der Waals surface area contributed by atoms with Crippen molar-refractivity contribution in [3.05, 3.63) is 42.5 Å². The molecule has 126 valence electrons. The largest absolute Gasteiger partial charge is 0.343 e. The molecule has 0 saturated carbocycles. The quantitative estimate of drug-likeness (QED) is 0.929. The normalized spacial score (nSPS) is 15.5. The Kier molecular flexibility index (Phi) is 5.14. The highest BCUT2D eigenvalue weighted by Gasteiger charge is 2.26. The molecular formula is C20H24N2O2. The van der Waals surface area contributed by atoms with Crippen LogP contribution in [0.2, 0.25) is 0 Å². The number of anilines is 1. The third-order valence-electron chi connectivity index (χ3n) is 4.70. The number of nitrogens with zero attached hydrogens (tertiary/aromatic N) is 1. The summed E-state index contributed by atoms with van der Waals surface area (Å²) >= 11 is 0. The minimum Gasteiger partial charge on any atom is -0.343 e. The topological polar surface area (TPSA) is 49.4 Å². The van der Waals surface area contributed by atoms with Crippen LogP contribution in [0, 0.1) is 5.92 Å². The standard InChI is InChI=1S/C20H24N2O2/c1-2-5-19(23)22-12-10-16(11-13-22)20(24)21-18-9-8-15-6-3-4-7-17(15)14-18/h3-4,6-9,14,16H,2,5,10-13H2,1H3,(H,21,24). The summed E-state index contributed by atoms with van der Waals surface area (Å²) in [6.07, 6.45) is 2.97. The SMILES string of the molecule is CCCC(=O)N1CCC(C(=O)Nc2ccc3ccccc3c2)CC1. The summed E-state index contributed by atoms with van der Waals surface area (Å²) in [7, 11) is 0. The van der Waals surface area contributed by atoms with E-state index >= 15 is 0 Å². The Labute approximate surface area is 142 Å². The van der Waals surface area contributed by atoms with Crippen molar-refractivity contribution in [1.29, 1.82) is 0 Å². The Morgan fingerprint density at radius 2 is 1.79 bits per heavy atom. The summed E-state index contributed by atoms with van der Waals surface area (Å²) in [6.45, 7) is 3.39. The lowest BCUT2D eigenvalue weighted by Gasteiger charge is -2.31. The lowest BCUT2D eigenvalue weighted by atomic mass is 9.95. The van der Waals surface area contributed by atoms with Crippen LogP contribution < -0.4 is 5.32 Å². The summed E-state index contributed by atoms with van der Waals surface area (Å²) in [5.74, 6) is 0.265. The monoisotopic (exact) mass is 324 g/mol. The average molecular weight is 324 g/mol. The zero-order chi connectivity index (χ0) is 16.9. The maximum absolute atomic E-state index is 12.5. The first-order valence-electron chi connectivity index (χ1n) is 8.75. The Bertz CT molecular complexity index is 733. The Balaban J connectivity index is 1.58. The molecule has 1 aliphatic rings. The van der Waals surface area contributed by atoms with Crippen molar-refractivity contribution >= 4 is 28.3 Å². The van der Waals surface area contributed by atoms with Crippen LogP contribution in [0.5, 0.6) is 0 Å². The molecule has 2 aromatic rings. The third-order valence-corrected chi connectivity index (χ3v) is 4.70. The van der Waals surface area contributed by atoms with Crippen molar-refractivity contribution < 1.29 is 9.59 Å². The maximum Gasteiger partial charge on any atom is 0.227 e. The molecular weight excluding hydrogens is 300 g/mol. The van der Waals surface area contributed by atoms with Crippen molar-refractivity contribution in [3.63, 3.8) is 0 Å². The number of likely N-dealkylation sites (tertiary alicyclic amines) is 1. The van der Waals surface area contributed by atoms with Gasteiger partial charge in [0, 0.05) is 31.1 Å². The summed E-state index contributed by atoms with van der Waals surface area (Å²) in [4.78, 5) is 26.3. The van der Waals surface area contributed by atoms with E-state index in [2.05, 4.69) is 11.4 Å². The Morgan fingerprint density at radius 1 is 1.08 bits per heavy atom. The van der Waals surface area contributed by atoms with E-state index < -0.39 is 0 Å². The molecule has 1 saturated heterocycles. The van der Waals surface area contributed by atoms with Gasteiger partial charge in [-0.3, -0.25) is 9.59 Å². The van der Waals surface area contributed by atoms with Crippen LogP contribution in [0.25, 0.3) is 10.8 Å².